The van der Waals surface area contributed by atoms with Crippen LogP contribution in [0.3, 0.4) is 0 Å². The fourth-order valence-electron chi connectivity index (χ4n) is 3.57. The molecular formula is C18H26N2O. The zero-order valence-corrected chi connectivity index (χ0v) is 13.4. The Balaban J connectivity index is 1.79. The van der Waals surface area contributed by atoms with E-state index < -0.39 is 0 Å². The molecule has 114 valence electrons. The van der Waals surface area contributed by atoms with Gasteiger partial charge in [0, 0.05) is 18.2 Å². The molecule has 1 aromatic heterocycles. The van der Waals surface area contributed by atoms with E-state index >= 15 is 0 Å². The van der Waals surface area contributed by atoms with Crippen LogP contribution in [0, 0.1) is 11.8 Å². The van der Waals surface area contributed by atoms with Gasteiger partial charge in [-0.1, -0.05) is 33.6 Å². The zero-order valence-electron chi connectivity index (χ0n) is 13.4. The van der Waals surface area contributed by atoms with Gasteiger partial charge in [0.05, 0.1) is 0 Å². The summed E-state index contributed by atoms with van der Waals surface area (Å²) in [4.78, 5) is 4.53. The SMILES string of the molecule is CCc1nc2cc(NC3CCCCC3C(C)C)ccc2o1. The fourth-order valence-corrected chi connectivity index (χ4v) is 3.57. The van der Waals surface area contributed by atoms with Crippen molar-refractivity contribution < 1.29 is 4.42 Å². The first-order valence-electron chi connectivity index (χ1n) is 8.33. The molecule has 0 bridgehead atoms. The van der Waals surface area contributed by atoms with Crippen molar-refractivity contribution in [3.63, 3.8) is 0 Å². The molecule has 0 spiro atoms. The van der Waals surface area contributed by atoms with E-state index in [2.05, 4.69) is 43.2 Å². The van der Waals surface area contributed by atoms with Crippen molar-refractivity contribution in [1.82, 2.24) is 4.98 Å². The Kier molecular flexibility index (Phi) is 4.18. The molecule has 3 rings (SSSR count). The Morgan fingerprint density at radius 3 is 2.86 bits per heavy atom. The molecule has 0 radical (unpaired) electrons. The van der Waals surface area contributed by atoms with Crippen LogP contribution in [0.2, 0.25) is 0 Å². The second-order valence-corrected chi connectivity index (χ2v) is 6.59. The minimum Gasteiger partial charge on any atom is -0.441 e. The number of rotatable bonds is 4. The van der Waals surface area contributed by atoms with E-state index in [1.54, 1.807) is 0 Å². The molecule has 1 saturated carbocycles. The van der Waals surface area contributed by atoms with Gasteiger partial charge in [-0.3, -0.25) is 0 Å². The second-order valence-electron chi connectivity index (χ2n) is 6.59. The van der Waals surface area contributed by atoms with Crippen LogP contribution in [0.1, 0.15) is 52.3 Å². The summed E-state index contributed by atoms with van der Waals surface area (Å²) in [5.74, 6) is 2.34. The van der Waals surface area contributed by atoms with Gasteiger partial charge in [0.1, 0.15) is 5.52 Å². The minimum absolute atomic E-state index is 0.591. The van der Waals surface area contributed by atoms with E-state index in [0.717, 1.165) is 35.2 Å². The van der Waals surface area contributed by atoms with Crippen LogP contribution in [0.25, 0.3) is 11.1 Å². The summed E-state index contributed by atoms with van der Waals surface area (Å²) in [5, 5.41) is 3.75. The molecule has 21 heavy (non-hydrogen) atoms. The lowest BCUT2D eigenvalue weighted by atomic mass is 9.78. The van der Waals surface area contributed by atoms with Crippen molar-refractivity contribution >= 4 is 16.8 Å². The lowest BCUT2D eigenvalue weighted by molar-refractivity contribution is 0.254. The Bertz CT molecular complexity index is 602. The van der Waals surface area contributed by atoms with Crippen LogP contribution in [0.4, 0.5) is 5.69 Å². The first-order chi connectivity index (χ1) is 10.2. The third-order valence-corrected chi connectivity index (χ3v) is 4.76. The number of benzene rings is 1. The highest BCUT2D eigenvalue weighted by atomic mass is 16.3. The van der Waals surface area contributed by atoms with E-state index in [-0.39, 0.29) is 0 Å². The summed E-state index contributed by atoms with van der Waals surface area (Å²) in [7, 11) is 0. The standard InChI is InChI=1S/C18H26N2O/c1-4-18-20-16-11-13(9-10-17(16)21-18)19-15-8-6-5-7-14(15)12(2)3/h9-12,14-15,19H,4-8H2,1-3H3. The molecule has 2 aromatic rings. The molecule has 2 unspecified atom stereocenters. The Morgan fingerprint density at radius 2 is 2.10 bits per heavy atom. The van der Waals surface area contributed by atoms with Gasteiger partial charge in [-0.15, -0.1) is 0 Å². The summed E-state index contributed by atoms with van der Waals surface area (Å²) >= 11 is 0. The Morgan fingerprint density at radius 1 is 1.29 bits per heavy atom. The van der Waals surface area contributed by atoms with Gasteiger partial charge in [-0.2, -0.15) is 0 Å². The third kappa shape index (κ3) is 3.07. The minimum atomic E-state index is 0.591. The first kappa shape index (κ1) is 14.4. The number of oxazole rings is 1. The number of hydrogen-bond donors (Lipinski definition) is 1. The van der Waals surface area contributed by atoms with Crippen molar-refractivity contribution in [2.24, 2.45) is 11.8 Å². The molecule has 1 N–H and O–H groups in total. The fraction of sp³-hybridized carbons (Fsp3) is 0.611. The van der Waals surface area contributed by atoms with Crippen LogP contribution in [-0.2, 0) is 6.42 Å². The van der Waals surface area contributed by atoms with E-state index in [0.29, 0.717) is 6.04 Å². The Hall–Kier alpha value is -1.51. The predicted octanol–water partition coefficient (Wildman–Crippen LogP) is 5.02. The van der Waals surface area contributed by atoms with Crippen LogP contribution < -0.4 is 5.32 Å². The molecule has 0 saturated heterocycles. The summed E-state index contributed by atoms with van der Waals surface area (Å²) in [5.41, 5.74) is 3.03. The maximum atomic E-state index is 5.68. The molecule has 3 heteroatoms. The summed E-state index contributed by atoms with van der Waals surface area (Å²) < 4.78 is 5.68. The van der Waals surface area contributed by atoms with E-state index in [1.807, 2.05) is 6.07 Å². The predicted molar refractivity (Wildman–Crippen MR) is 87.6 cm³/mol. The van der Waals surface area contributed by atoms with Gasteiger partial charge in [-0.25, -0.2) is 4.98 Å². The number of hydrogen-bond acceptors (Lipinski definition) is 3. The van der Waals surface area contributed by atoms with Crippen molar-refractivity contribution in [3.05, 3.63) is 24.1 Å². The van der Waals surface area contributed by atoms with Gasteiger partial charge in [-0.05, 0) is 42.9 Å². The maximum absolute atomic E-state index is 5.68. The number of aromatic nitrogens is 1. The van der Waals surface area contributed by atoms with Gasteiger partial charge >= 0.3 is 0 Å². The molecule has 0 amide bonds. The normalized spacial score (nSPS) is 22.9. The lowest BCUT2D eigenvalue weighted by Gasteiger charge is -2.35. The zero-order chi connectivity index (χ0) is 14.8. The van der Waals surface area contributed by atoms with Crippen LogP contribution in [0.15, 0.2) is 22.6 Å². The summed E-state index contributed by atoms with van der Waals surface area (Å²) in [6.07, 6.45) is 6.19. The number of nitrogens with one attached hydrogen (secondary N) is 1. The van der Waals surface area contributed by atoms with Gasteiger partial charge in [0.25, 0.3) is 0 Å². The molecule has 1 aromatic carbocycles. The van der Waals surface area contributed by atoms with Crippen molar-refractivity contribution in [2.45, 2.75) is 58.9 Å². The molecule has 1 heterocycles. The smallest absolute Gasteiger partial charge is 0.195 e. The molecular weight excluding hydrogens is 260 g/mol. The number of nitrogens with zero attached hydrogens (tertiary/aromatic N) is 1. The van der Waals surface area contributed by atoms with Gasteiger partial charge in [0.2, 0.25) is 0 Å². The second kappa shape index (κ2) is 6.08. The van der Waals surface area contributed by atoms with Crippen molar-refractivity contribution in [2.75, 3.05) is 5.32 Å². The topological polar surface area (TPSA) is 38.1 Å². The first-order valence-corrected chi connectivity index (χ1v) is 8.33. The van der Waals surface area contributed by atoms with Crippen LogP contribution >= 0.6 is 0 Å². The lowest BCUT2D eigenvalue weighted by Crippen LogP contribution is -2.35. The van der Waals surface area contributed by atoms with Crippen LogP contribution in [0.5, 0.6) is 0 Å². The molecule has 2 atom stereocenters. The van der Waals surface area contributed by atoms with E-state index in [1.165, 1.54) is 31.4 Å². The highest BCUT2D eigenvalue weighted by molar-refractivity contribution is 5.77. The average molecular weight is 286 g/mol. The molecule has 1 aliphatic rings. The average Bonchev–Trinajstić information content (AvgIpc) is 2.90. The van der Waals surface area contributed by atoms with Gasteiger partial charge < -0.3 is 9.73 Å². The number of fused-ring (bicyclic) bond motifs is 1. The molecule has 1 aliphatic carbocycles. The largest absolute Gasteiger partial charge is 0.441 e. The Labute approximate surface area is 127 Å². The highest BCUT2D eigenvalue weighted by Gasteiger charge is 2.27. The van der Waals surface area contributed by atoms with Crippen molar-refractivity contribution in [3.8, 4) is 0 Å². The van der Waals surface area contributed by atoms with Crippen molar-refractivity contribution in [1.29, 1.82) is 0 Å². The third-order valence-electron chi connectivity index (χ3n) is 4.76. The highest BCUT2D eigenvalue weighted by Crippen LogP contribution is 2.32. The monoisotopic (exact) mass is 286 g/mol. The molecule has 0 aliphatic heterocycles. The quantitative estimate of drug-likeness (QED) is 0.858. The van der Waals surface area contributed by atoms with Gasteiger partial charge in [0.15, 0.2) is 11.5 Å². The molecule has 3 nitrogen and oxygen atoms in total. The summed E-state index contributed by atoms with van der Waals surface area (Å²) in [6, 6.07) is 6.88. The summed E-state index contributed by atoms with van der Waals surface area (Å²) in [6.45, 7) is 6.76. The van der Waals surface area contributed by atoms with Crippen LogP contribution in [-0.4, -0.2) is 11.0 Å². The van der Waals surface area contributed by atoms with E-state index in [4.69, 9.17) is 4.42 Å². The van der Waals surface area contributed by atoms with E-state index in [9.17, 15) is 0 Å². The molecule has 1 fully saturated rings. The number of aryl methyl sites for hydroxylation is 1. The maximum Gasteiger partial charge on any atom is 0.195 e. The number of anilines is 1.